The number of nitrogens with one attached hydrogen (secondary N) is 1. The van der Waals surface area contributed by atoms with Crippen LogP contribution in [0.2, 0.25) is 0 Å². The number of benzene rings is 1. The molecule has 0 atom stereocenters. The van der Waals surface area contributed by atoms with Crippen LogP contribution in [0.4, 0.5) is 0 Å². The van der Waals surface area contributed by atoms with Crippen LogP contribution in [-0.2, 0) is 9.59 Å². The summed E-state index contributed by atoms with van der Waals surface area (Å²) >= 11 is 1.10. The summed E-state index contributed by atoms with van der Waals surface area (Å²) in [6.07, 6.45) is 4.82. The van der Waals surface area contributed by atoms with E-state index in [0.29, 0.717) is 16.9 Å². The van der Waals surface area contributed by atoms with Crippen molar-refractivity contribution in [1.29, 1.82) is 0 Å². The highest BCUT2D eigenvalue weighted by Gasteiger charge is 2.14. The lowest BCUT2D eigenvalue weighted by atomic mass is 10.2. The number of amides is 2. The average molecular weight is 336 g/mol. The Labute approximate surface area is 141 Å². The van der Waals surface area contributed by atoms with Crippen LogP contribution < -0.4 is 11.1 Å². The normalized spacial score (nSPS) is 10.3. The molecule has 0 bridgehead atoms. The van der Waals surface area contributed by atoms with E-state index in [1.807, 2.05) is 0 Å². The van der Waals surface area contributed by atoms with E-state index in [1.165, 1.54) is 0 Å². The van der Waals surface area contributed by atoms with Gasteiger partial charge in [0.1, 0.15) is 0 Å². The zero-order chi connectivity index (χ0) is 17.1. The second-order valence-corrected chi connectivity index (χ2v) is 6.35. The Morgan fingerprint density at radius 3 is 2.52 bits per heavy atom. The maximum atomic E-state index is 12.1. The van der Waals surface area contributed by atoms with Gasteiger partial charge in [-0.3, -0.25) is 14.4 Å². The molecule has 0 unspecified atom stereocenters. The van der Waals surface area contributed by atoms with Crippen molar-refractivity contribution in [3.05, 3.63) is 29.8 Å². The van der Waals surface area contributed by atoms with Gasteiger partial charge in [-0.1, -0.05) is 50.1 Å². The lowest BCUT2D eigenvalue weighted by Crippen LogP contribution is -2.28. The Balaban J connectivity index is 2.57. The molecule has 2 amide bonds. The van der Waals surface area contributed by atoms with Crippen molar-refractivity contribution >= 4 is 28.7 Å². The van der Waals surface area contributed by atoms with Gasteiger partial charge in [0.05, 0.1) is 5.56 Å². The highest BCUT2D eigenvalue weighted by Crippen LogP contribution is 2.25. The van der Waals surface area contributed by atoms with Crippen molar-refractivity contribution in [1.82, 2.24) is 5.32 Å². The third kappa shape index (κ3) is 7.83. The molecule has 126 valence electrons. The Kier molecular flexibility index (Phi) is 9.05. The highest BCUT2D eigenvalue weighted by atomic mass is 32.2. The first-order valence-electron chi connectivity index (χ1n) is 7.90. The Hall–Kier alpha value is -1.82. The molecule has 0 aromatic heterocycles. The van der Waals surface area contributed by atoms with Crippen LogP contribution in [0.1, 0.15) is 55.8 Å². The van der Waals surface area contributed by atoms with Crippen LogP contribution in [0.5, 0.6) is 0 Å². The van der Waals surface area contributed by atoms with Gasteiger partial charge in [0.25, 0.3) is 5.91 Å². The molecule has 0 saturated heterocycles. The van der Waals surface area contributed by atoms with Crippen LogP contribution >= 0.6 is 11.8 Å². The standard InChI is InChI=1S/C17H24N2O3S/c1-2-3-4-5-10-16(21)23-14-9-7-6-8-13(14)17(22)19-12-11-15(18)20/h6-9H,2-5,10-12H2,1H3,(H2,18,20)(H,19,22). The number of hydrogen-bond acceptors (Lipinski definition) is 4. The second kappa shape index (κ2) is 10.8. The summed E-state index contributed by atoms with van der Waals surface area (Å²) in [7, 11) is 0. The van der Waals surface area contributed by atoms with Crippen molar-refractivity contribution in [2.45, 2.75) is 50.3 Å². The first kappa shape index (κ1) is 19.2. The molecule has 0 radical (unpaired) electrons. The molecule has 1 aromatic carbocycles. The molecular formula is C17H24N2O3S. The highest BCUT2D eigenvalue weighted by molar-refractivity contribution is 8.13. The number of primary amides is 1. The fraction of sp³-hybridized carbons (Fsp3) is 0.471. The fourth-order valence-corrected chi connectivity index (χ4v) is 2.92. The van der Waals surface area contributed by atoms with Gasteiger partial charge in [-0.05, 0) is 18.6 Å². The SMILES string of the molecule is CCCCCCC(=O)Sc1ccccc1C(=O)NCCC(N)=O. The van der Waals surface area contributed by atoms with Gasteiger partial charge in [0.15, 0.2) is 5.12 Å². The third-order valence-electron chi connectivity index (χ3n) is 3.25. The first-order chi connectivity index (χ1) is 11.0. The Bertz CT molecular complexity index is 546. The van der Waals surface area contributed by atoms with Crippen LogP contribution in [0.25, 0.3) is 0 Å². The topological polar surface area (TPSA) is 89.3 Å². The minimum atomic E-state index is -0.463. The predicted octanol–water partition coefficient (Wildman–Crippen LogP) is 2.88. The van der Waals surface area contributed by atoms with Crippen LogP contribution in [0, 0.1) is 0 Å². The Morgan fingerprint density at radius 2 is 1.83 bits per heavy atom. The summed E-state index contributed by atoms with van der Waals surface area (Å²) in [5.74, 6) is -0.761. The van der Waals surface area contributed by atoms with Gasteiger partial charge in [0, 0.05) is 24.3 Å². The molecular weight excluding hydrogens is 312 g/mol. The molecule has 5 nitrogen and oxygen atoms in total. The molecule has 0 aliphatic carbocycles. The number of rotatable bonds is 10. The first-order valence-corrected chi connectivity index (χ1v) is 8.72. The zero-order valence-corrected chi connectivity index (χ0v) is 14.3. The van der Waals surface area contributed by atoms with Gasteiger partial charge in [0.2, 0.25) is 5.91 Å². The largest absolute Gasteiger partial charge is 0.370 e. The summed E-state index contributed by atoms with van der Waals surface area (Å²) < 4.78 is 0. The molecule has 0 saturated carbocycles. The molecule has 0 heterocycles. The van der Waals surface area contributed by atoms with E-state index >= 15 is 0 Å². The zero-order valence-electron chi connectivity index (χ0n) is 13.5. The number of carbonyl (C=O) groups excluding carboxylic acids is 3. The van der Waals surface area contributed by atoms with Crippen molar-refractivity contribution < 1.29 is 14.4 Å². The number of carbonyl (C=O) groups is 3. The van der Waals surface area contributed by atoms with E-state index in [1.54, 1.807) is 24.3 Å². The minimum absolute atomic E-state index is 0.0680. The van der Waals surface area contributed by atoms with Gasteiger partial charge < -0.3 is 11.1 Å². The van der Waals surface area contributed by atoms with Crippen molar-refractivity contribution in [3.63, 3.8) is 0 Å². The summed E-state index contributed by atoms with van der Waals surface area (Å²) in [4.78, 5) is 35.5. The number of hydrogen-bond donors (Lipinski definition) is 2. The van der Waals surface area contributed by atoms with Crippen LogP contribution in [0.15, 0.2) is 29.2 Å². The monoisotopic (exact) mass is 336 g/mol. The van der Waals surface area contributed by atoms with Gasteiger partial charge in [-0.25, -0.2) is 0 Å². The molecule has 6 heteroatoms. The van der Waals surface area contributed by atoms with E-state index in [-0.39, 0.29) is 24.0 Å². The molecule has 1 aromatic rings. The lowest BCUT2D eigenvalue weighted by molar-refractivity contribution is -0.117. The van der Waals surface area contributed by atoms with Crippen LogP contribution in [0.3, 0.4) is 0 Å². The second-order valence-electron chi connectivity index (χ2n) is 5.25. The Morgan fingerprint density at radius 1 is 1.09 bits per heavy atom. The molecule has 0 spiro atoms. The fourth-order valence-electron chi connectivity index (χ4n) is 2.01. The minimum Gasteiger partial charge on any atom is -0.370 e. The number of unbranched alkanes of at least 4 members (excludes halogenated alkanes) is 3. The van der Waals surface area contributed by atoms with E-state index in [2.05, 4.69) is 12.2 Å². The number of thioether (sulfide) groups is 1. The van der Waals surface area contributed by atoms with E-state index in [0.717, 1.165) is 37.4 Å². The molecule has 0 aliphatic rings. The van der Waals surface area contributed by atoms with Crippen LogP contribution in [-0.4, -0.2) is 23.5 Å². The summed E-state index contributed by atoms with van der Waals surface area (Å²) in [5.41, 5.74) is 5.49. The maximum Gasteiger partial charge on any atom is 0.252 e. The maximum absolute atomic E-state index is 12.1. The van der Waals surface area contributed by atoms with Crippen molar-refractivity contribution in [3.8, 4) is 0 Å². The smallest absolute Gasteiger partial charge is 0.252 e. The summed E-state index contributed by atoms with van der Waals surface area (Å²) in [6.45, 7) is 2.32. The molecule has 3 N–H and O–H groups in total. The summed E-state index contributed by atoms with van der Waals surface area (Å²) in [5, 5.41) is 2.71. The predicted molar refractivity (Wildman–Crippen MR) is 92.2 cm³/mol. The van der Waals surface area contributed by atoms with E-state index < -0.39 is 5.91 Å². The lowest BCUT2D eigenvalue weighted by Gasteiger charge is -2.09. The molecule has 23 heavy (non-hydrogen) atoms. The molecule has 0 fully saturated rings. The third-order valence-corrected chi connectivity index (χ3v) is 4.25. The van der Waals surface area contributed by atoms with E-state index in [9.17, 15) is 14.4 Å². The van der Waals surface area contributed by atoms with Gasteiger partial charge >= 0.3 is 0 Å². The average Bonchev–Trinajstić information content (AvgIpc) is 2.51. The van der Waals surface area contributed by atoms with Gasteiger partial charge in [-0.2, -0.15) is 0 Å². The quantitative estimate of drug-likeness (QED) is 0.508. The van der Waals surface area contributed by atoms with Crippen molar-refractivity contribution in [2.75, 3.05) is 6.54 Å². The summed E-state index contributed by atoms with van der Waals surface area (Å²) in [6, 6.07) is 6.98. The van der Waals surface area contributed by atoms with E-state index in [4.69, 9.17) is 5.73 Å². The molecule has 1 rings (SSSR count). The van der Waals surface area contributed by atoms with Crippen molar-refractivity contribution in [2.24, 2.45) is 5.73 Å². The van der Waals surface area contributed by atoms with Gasteiger partial charge in [-0.15, -0.1) is 0 Å². The molecule has 0 aliphatic heterocycles. The number of nitrogens with two attached hydrogens (primary N) is 1.